The molecule has 7 nitrogen and oxygen atoms in total. The van der Waals surface area contributed by atoms with Crippen LogP contribution in [-0.2, 0) is 6.61 Å². The Labute approximate surface area is 114 Å². The van der Waals surface area contributed by atoms with Crippen molar-refractivity contribution in [3.05, 3.63) is 46.3 Å². The maximum Gasteiger partial charge on any atom is 0.311 e. The first-order valence-corrected chi connectivity index (χ1v) is 5.94. The Balaban J connectivity index is 2.20. The van der Waals surface area contributed by atoms with Gasteiger partial charge in [0, 0.05) is 18.2 Å². The molecule has 2 rings (SSSR count). The second kappa shape index (κ2) is 5.64. The molecule has 106 valence electrons. The number of nitro groups is 1. The maximum atomic E-state index is 13.1. The van der Waals surface area contributed by atoms with Gasteiger partial charge in [0.1, 0.15) is 18.8 Å². The molecule has 2 aromatic rings. The van der Waals surface area contributed by atoms with E-state index in [0.717, 1.165) is 18.2 Å². The number of nitro benzene ring substituents is 1. The lowest BCUT2D eigenvalue weighted by Gasteiger charge is -2.10. The number of aromatic nitrogens is 3. The van der Waals surface area contributed by atoms with E-state index in [1.54, 1.807) is 4.68 Å². The van der Waals surface area contributed by atoms with E-state index in [4.69, 9.17) is 4.74 Å². The van der Waals surface area contributed by atoms with Gasteiger partial charge in [-0.25, -0.2) is 14.1 Å². The van der Waals surface area contributed by atoms with Crippen LogP contribution in [0.3, 0.4) is 0 Å². The zero-order valence-electron chi connectivity index (χ0n) is 11.0. The van der Waals surface area contributed by atoms with Crippen molar-refractivity contribution in [3.8, 4) is 5.75 Å². The fourth-order valence-electron chi connectivity index (χ4n) is 1.71. The zero-order chi connectivity index (χ0) is 14.7. The average Bonchev–Trinajstić information content (AvgIpc) is 2.84. The fourth-order valence-corrected chi connectivity index (χ4v) is 1.71. The molecule has 0 radical (unpaired) electrons. The molecule has 8 heteroatoms. The normalized spacial score (nSPS) is 10.8. The molecule has 0 spiro atoms. The van der Waals surface area contributed by atoms with Gasteiger partial charge in [-0.3, -0.25) is 10.1 Å². The third kappa shape index (κ3) is 2.90. The van der Waals surface area contributed by atoms with E-state index >= 15 is 0 Å². The monoisotopic (exact) mass is 280 g/mol. The van der Waals surface area contributed by atoms with Gasteiger partial charge >= 0.3 is 5.69 Å². The molecular weight excluding hydrogens is 267 g/mol. The summed E-state index contributed by atoms with van der Waals surface area (Å²) < 4.78 is 20.1. The molecule has 1 aromatic carbocycles. The lowest BCUT2D eigenvalue weighted by Crippen LogP contribution is -2.11. The first-order chi connectivity index (χ1) is 9.49. The Bertz CT molecular complexity index is 627. The highest BCUT2D eigenvalue weighted by atomic mass is 19.1. The van der Waals surface area contributed by atoms with Gasteiger partial charge in [0.25, 0.3) is 0 Å². The Morgan fingerprint density at radius 2 is 2.25 bits per heavy atom. The molecule has 0 saturated heterocycles. The molecule has 0 fully saturated rings. The number of ether oxygens (including phenoxy) is 1. The van der Waals surface area contributed by atoms with Crippen molar-refractivity contribution in [1.29, 1.82) is 0 Å². The van der Waals surface area contributed by atoms with Crippen LogP contribution < -0.4 is 4.74 Å². The second-order valence-electron chi connectivity index (χ2n) is 4.37. The molecule has 0 amide bonds. The molecule has 0 saturated carbocycles. The summed E-state index contributed by atoms with van der Waals surface area (Å²) in [5, 5.41) is 14.9. The van der Waals surface area contributed by atoms with Crippen molar-refractivity contribution in [2.75, 3.05) is 0 Å². The van der Waals surface area contributed by atoms with Gasteiger partial charge in [0.2, 0.25) is 0 Å². The largest absolute Gasteiger partial charge is 0.479 e. The summed E-state index contributed by atoms with van der Waals surface area (Å²) in [5.74, 6) is -0.220. The molecule has 0 unspecified atom stereocenters. The molecule has 0 bridgehead atoms. The third-order valence-corrected chi connectivity index (χ3v) is 2.61. The van der Waals surface area contributed by atoms with Crippen LogP contribution in [-0.4, -0.2) is 19.7 Å². The number of benzene rings is 1. The van der Waals surface area contributed by atoms with Crippen molar-refractivity contribution < 1.29 is 14.1 Å². The van der Waals surface area contributed by atoms with Crippen LogP contribution in [0.15, 0.2) is 24.5 Å². The smallest absolute Gasteiger partial charge is 0.311 e. The van der Waals surface area contributed by atoms with Crippen LogP contribution in [0.25, 0.3) is 0 Å². The number of hydrogen-bond acceptors (Lipinski definition) is 5. The molecule has 0 aliphatic carbocycles. The van der Waals surface area contributed by atoms with Crippen LogP contribution in [0, 0.1) is 15.9 Å². The number of hydrogen-bond donors (Lipinski definition) is 0. The van der Waals surface area contributed by atoms with Gasteiger partial charge in [-0.05, 0) is 19.9 Å². The van der Waals surface area contributed by atoms with Crippen molar-refractivity contribution in [1.82, 2.24) is 14.8 Å². The predicted octanol–water partition coefficient (Wildman–Crippen LogP) is 2.49. The second-order valence-corrected chi connectivity index (χ2v) is 4.37. The van der Waals surface area contributed by atoms with E-state index in [1.807, 2.05) is 13.8 Å². The van der Waals surface area contributed by atoms with E-state index in [1.165, 1.54) is 6.33 Å². The molecule has 0 N–H and O–H groups in total. The van der Waals surface area contributed by atoms with E-state index in [0.29, 0.717) is 5.82 Å². The quantitative estimate of drug-likeness (QED) is 0.620. The van der Waals surface area contributed by atoms with Gasteiger partial charge in [0.05, 0.1) is 4.92 Å². The Hall–Kier alpha value is -2.51. The van der Waals surface area contributed by atoms with Gasteiger partial charge in [-0.1, -0.05) is 0 Å². The minimum Gasteiger partial charge on any atom is -0.479 e. The van der Waals surface area contributed by atoms with Gasteiger partial charge < -0.3 is 4.74 Å². The Morgan fingerprint density at radius 1 is 1.50 bits per heavy atom. The SMILES string of the molecule is CC(C)n1ncnc1COc1cc(F)ccc1[N+](=O)[O-]. The molecular formula is C12H13FN4O3. The van der Waals surface area contributed by atoms with Gasteiger partial charge in [-0.15, -0.1) is 0 Å². The van der Waals surface area contributed by atoms with E-state index in [9.17, 15) is 14.5 Å². The summed E-state index contributed by atoms with van der Waals surface area (Å²) in [6, 6.07) is 3.15. The zero-order valence-corrected chi connectivity index (χ0v) is 11.0. The fraction of sp³-hybridized carbons (Fsp3) is 0.333. The van der Waals surface area contributed by atoms with Crippen LogP contribution in [0.4, 0.5) is 10.1 Å². The summed E-state index contributed by atoms with van der Waals surface area (Å²) >= 11 is 0. The van der Waals surface area contributed by atoms with Crippen LogP contribution >= 0.6 is 0 Å². The molecule has 1 heterocycles. The lowest BCUT2D eigenvalue weighted by molar-refractivity contribution is -0.386. The third-order valence-electron chi connectivity index (χ3n) is 2.61. The van der Waals surface area contributed by atoms with Gasteiger partial charge in [0.15, 0.2) is 11.6 Å². The first kappa shape index (κ1) is 13.9. The summed E-state index contributed by atoms with van der Waals surface area (Å²) in [6.45, 7) is 3.81. The minimum absolute atomic E-state index is 0.0253. The standard InChI is InChI=1S/C12H13FN4O3/c1-8(2)16-12(14-7-15-16)6-20-11-5-9(13)3-4-10(11)17(18)19/h3-5,7-8H,6H2,1-2H3. The summed E-state index contributed by atoms with van der Waals surface area (Å²) in [5.41, 5.74) is -0.290. The number of halogens is 1. The number of rotatable bonds is 5. The van der Waals surface area contributed by atoms with Crippen molar-refractivity contribution in [3.63, 3.8) is 0 Å². The van der Waals surface area contributed by atoms with Gasteiger partial charge in [-0.2, -0.15) is 5.10 Å². The van der Waals surface area contributed by atoms with Crippen LogP contribution in [0.2, 0.25) is 0 Å². The van der Waals surface area contributed by atoms with E-state index in [2.05, 4.69) is 10.1 Å². The molecule has 0 aliphatic heterocycles. The molecule has 20 heavy (non-hydrogen) atoms. The Kier molecular flexibility index (Phi) is 3.92. The number of nitrogens with zero attached hydrogens (tertiary/aromatic N) is 4. The Morgan fingerprint density at radius 3 is 2.90 bits per heavy atom. The maximum absolute atomic E-state index is 13.1. The summed E-state index contributed by atoms with van der Waals surface area (Å²) in [4.78, 5) is 14.2. The molecule has 1 aromatic heterocycles. The summed E-state index contributed by atoms with van der Waals surface area (Å²) in [6.07, 6.45) is 1.37. The first-order valence-electron chi connectivity index (χ1n) is 5.94. The lowest BCUT2D eigenvalue weighted by atomic mass is 10.3. The van der Waals surface area contributed by atoms with Crippen molar-refractivity contribution >= 4 is 5.69 Å². The predicted molar refractivity (Wildman–Crippen MR) is 67.8 cm³/mol. The van der Waals surface area contributed by atoms with Crippen LogP contribution in [0.1, 0.15) is 25.7 Å². The summed E-state index contributed by atoms with van der Waals surface area (Å²) in [7, 11) is 0. The topological polar surface area (TPSA) is 83.1 Å². The highest BCUT2D eigenvalue weighted by Crippen LogP contribution is 2.28. The average molecular weight is 280 g/mol. The molecule has 0 atom stereocenters. The van der Waals surface area contributed by atoms with E-state index in [-0.39, 0.29) is 24.1 Å². The highest BCUT2D eigenvalue weighted by Gasteiger charge is 2.17. The minimum atomic E-state index is -0.623. The van der Waals surface area contributed by atoms with Crippen molar-refractivity contribution in [2.45, 2.75) is 26.5 Å². The highest BCUT2D eigenvalue weighted by molar-refractivity contribution is 5.46. The van der Waals surface area contributed by atoms with Crippen molar-refractivity contribution in [2.24, 2.45) is 0 Å². The van der Waals surface area contributed by atoms with E-state index < -0.39 is 10.7 Å². The van der Waals surface area contributed by atoms with Crippen LogP contribution in [0.5, 0.6) is 5.75 Å². The molecule has 0 aliphatic rings.